The van der Waals surface area contributed by atoms with E-state index in [0.29, 0.717) is 6.42 Å². The molecule has 0 aliphatic carbocycles. The van der Waals surface area contributed by atoms with Gasteiger partial charge < -0.3 is 16.2 Å². The van der Waals surface area contributed by atoms with Crippen LogP contribution in [0.3, 0.4) is 0 Å². The van der Waals surface area contributed by atoms with E-state index in [-0.39, 0.29) is 24.1 Å². The van der Waals surface area contributed by atoms with Crippen LogP contribution < -0.4 is 11.1 Å². The van der Waals surface area contributed by atoms with Crippen molar-refractivity contribution in [1.29, 1.82) is 0 Å². The molecule has 0 bridgehead atoms. The average Bonchev–Trinajstić information content (AvgIpc) is 2.19. The molecule has 0 spiro atoms. The van der Waals surface area contributed by atoms with E-state index in [2.05, 4.69) is 5.32 Å². The van der Waals surface area contributed by atoms with Crippen molar-refractivity contribution in [3.05, 3.63) is 29.8 Å². The van der Waals surface area contributed by atoms with Crippen LogP contribution >= 0.6 is 12.4 Å². The summed E-state index contributed by atoms with van der Waals surface area (Å²) in [4.78, 5) is 21.9. The smallest absolute Gasteiger partial charge is 0.240 e. The molecule has 6 heteroatoms. The van der Waals surface area contributed by atoms with Crippen LogP contribution in [0.2, 0.25) is 0 Å². The topological polar surface area (TPSA) is 92.4 Å². The van der Waals surface area contributed by atoms with Gasteiger partial charge in [-0.1, -0.05) is 12.1 Å². The van der Waals surface area contributed by atoms with Crippen LogP contribution in [0.15, 0.2) is 24.3 Å². The van der Waals surface area contributed by atoms with Crippen molar-refractivity contribution < 1.29 is 14.7 Å². The van der Waals surface area contributed by atoms with Crippen LogP contribution in [0.5, 0.6) is 5.75 Å². The lowest BCUT2D eigenvalue weighted by molar-refractivity contribution is -0.126. The highest BCUT2D eigenvalue weighted by atomic mass is 35.5. The molecule has 17 heavy (non-hydrogen) atoms. The third-order valence-electron chi connectivity index (χ3n) is 2.10. The normalized spacial score (nSPS) is 11.1. The number of hydrogen-bond donors (Lipinski definition) is 3. The third-order valence-corrected chi connectivity index (χ3v) is 2.10. The van der Waals surface area contributed by atoms with Crippen LogP contribution in [-0.4, -0.2) is 23.0 Å². The average molecular weight is 259 g/mol. The summed E-state index contributed by atoms with van der Waals surface area (Å²) in [6.45, 7) is 1.33. The molecule has 1 unspecified atom stereocenters. The molecule has 0 fully saturated rings. The minimum Gasteiger partial charge on any atom is -0.508 e. The van der Waals surface area contributed by atoms with E-state index in [1.54, 1.807) is 12.1 Å². The molecule has 0 aliphatic rings. The number of halogens is 1. The molecule has 4 N–H and O–H groups in total. The monoisotopic (exact) mass is 258 g/mol. The summed E-state index contributed by atoms with van der Waals surface area (Å²) in [5, 5.41) is 11.6. The summed E-state index contributed by atoms with van der Waals surface area (Å²) in [5.74, 6) is -0.732. The first kappa shape index (κ1) is 15.2. The van der Waals surface area contributed by atoms with Crippen LogP contribution in [0.4, 0.5) is 0 Å². The van der Waals surface area contributed by atoms with Gasteiger partial charge in [0, 0.05) is 13.3 Å². The van der Waals surface area contributed by atoms with E-state index in [1.165, 1.54) is 19.1 Å². The molecule has 1 rings (SSSR count). The minimum absolute atomic E-state index is 0. The van der Waals surface area contributed by atoms with Crippen molar-refractivity contribution >= 4 is 24.2 Å². The molecule has 0 aromatic heterocycles. The fraction of sp³-hybridized carbons (Fsp3) is 0.273. The van der Waals surface area contributed by atoms with Gasteiger partial charge in [-0.3, -0.25) is 9.59 Å². The Balaban J connectivity index is 0.00000256. The van der Waals surface area contributed by atoms with Crippen LogP contribution in [0.1, 0.15) is 12.5 Å². The molecule has 1 aromatic rings. The van der Waals surface area contributed by atoms with Gasteiger partial charge in [-0.05, 0) is 17.7 Å². The molecule has 0 aliphatic heterocycles. The van der Waals surface area contributed by atoms with Gasteiger partial charge in [0.25, 0.3) is 0 Å². The zero-order chi connectivity index (χ0) is 12.1. The van der Waals surface area contributed by atoms with Crippen molar-refractivity contribution in [1.82, 2.24) is 5.32 Å². The van der Waals surface area contributed by atoms with Crippen molar-refractivity contribution in [2.45, 2.75) is 19.4 Å². The summed E-state index contributed by atoms with van der Waals surface area (Å²) < 4.78 is 0. The summed E-state index contributed by atoms with van der Waals surface area (Å²) in [7, 11) is 0. The summed E-state index contributed by atoms with van der Waals surface area (Å²) in [5.41, 5.74) is 5.97. The van der Waals surface area contributed by atoms with Crippen molar-refractivity contribution in [3.63, 3.8) is 0 Å². The number of phenolic OH excluding ortho intramolecular Hbond substituents is 1. The summed E-state index contributed by atoms with van der Waals surface area (Å²) in [6, 6.07) is 5.66. The van der Waals surface area contributed by atoms with Gasteiger partial charge >= 0.3 is 0 Å². The van der Waals surface area contributed by atoms with Crippen molar-refractivity contribution in [3.8, 4) is 5.75 Å². The molecule has 0 radical (unpaired) electrons. The first-order valence-electron chi connectivity index (χ1n) is 4.83. The number of rotatable bonds is 4. The van der Waals surface area contributed by atoms with Gasteiger partial charge in [-0.2, -0.15) is 0 Å². The highest BCUT2D eigenvalue weighted by molar-refractivity contribution is 5.86. The van der Waals surface area contributed by atoms with Crippen LogP contribution in [-0.2, 0) is 16.0 Å². The predicted molar refractivity (Wildman–Crippen MR) is 65.9 cm³/mol. The third kappa shape index (κ3) is 5.21. The Hall–Kier alpha value is -1.75. The predicted octanol–water partition coefficient (Wildman–Crippen LogP) is 0.346. The van der Waals surface area contributed by atoms with E-state index in [0.717, 1.165) is 5.56 Å². The summed E-state index contributed by atoms with van der Waals surface area (Å²) >= 11 is 0. The Bertz CT molecular complexity index is 392. The number of carbonyl (C=O) groups excluding carboxylic acids is 2. The summed E-state index contributed by atoms with van der Waals surface area (Å²) in [6.07, 6.45) is 0.315. The maximum atomic E-state index is 11.1. The number of primary amides is 1. The second kappa shape index (κ2) is 6.75. The largest absolute Gasteiger partial charge is 0.508 e. The minimum atomic E-state index is -0.720. The Labute approximate surface area is 105 Å². The lowest BCUT2D eigenvalue weighted by atomic mass is 10.1. The quantitative estimate of drug-likeness (QED) is 0.727. The van der Waals surface area contributed by atoms with Crippen LogP contribution in [0.25, 0.3) is 0 Å². The molecule has 94 valence electrons. The first-order chi connectivity index (χ1) is 7.49. The number of carbonyl (C=O) groups is 2. The van der Waals surface area contributed by atoms with Gasteiger partial charge in [-0.25, -0.2) is 0 Å². The van der Waals surface area contributed by atoms with Crippen molar-refractivity contribution in [2.75, 3.05) is 0 Å². The van der Waals surface area contributed by atoms with E-state index in [4.69, 9.17) is 10.8 Å². The zero-order valence-corrected chi connectivity index (χ0v) is 10.2. The number of nitrogens with one attached hydrogen (secondary N) is 1. The van der Waals surface area contributed by atoms with Gasteiger partial charge in [0.05, 0.1) is 0 Å². The molecule has 0 saturated heterocycles. The van der Waals surface area contributed by atoms with E-state index in [9.17, 15) is 9.59 Å². The second-order valence-corrected chi connectivity index (χ2v) is 3.53. The maximum Gasteiger partial charge on any atom is 0.240 e. The molecular formula is C11H15ClN2O3. The Morgan fingerprint density at radius 1 is 1.35 bits per heavy atom. The molecule has 2 amide bonds. The van der Waals surface area contributed by atoms with Crippen molar-refractivity contribution in [2.24, 2.45) is 5.73 Å². The number of benzene rings is 1. The second-order valence-electron chi connectivity index (χ2n) is 3.53. The van der Waals surface area contributed by atoms with Gasteiger partial charge in [0.15, 0.2) is 0 Å². The van der Waals surface area contributed by atoms with E-state index < -0.39 is 11.9 Å². The molecule has 5 nitrogen and oxygen atoms in total. The Kier molecular flexibility index (Phi) is 6.06. The fourth-order valence-electron chi connectivity index (χ4n) is 1.34. The lowest BCUT2D eigenvalue weighted by Crippen LogP contribution is -2.44. The number of phenols is 1. The SMILES string of the molecule is CC(=O)NC(Cc1ccc(O)cc1)C(N)=O.Cl. The standard InChI is InChI=1S/C11H14N2O3.ClH/c1-7(14)13-10(11(12)16)6-8-2-4-9(15)5-3-8;/h2-5,10,15H,6H2,1H3,(H2,12,16)(H,13,14);1H. The van der Waals surface area contributed by atoms with E-state index >= 15 is 0 Å². The Morgan fingerprint density at radius 2 is 1.88 bits per heavy atom. The van der Waals surface area contributed by atoms with E-state index in [1.807, 2.05) is 0 Å². The first-order valence-corrected chi connectivity index (χ1v) is 4.83. The molecule has 0 saturated carbocycles. The number of nitrogens with two attached hydrogens (primary N) is 1. The Morgan fingerprint density at radius 3 is 2.29 bits per heavy atom. The fourth-order valence-corrected chi connectivity index (χ4v) is 1.34. The highest BCUT2D eigenvalue weighted by Gasteiger charge is 2.16. The number of aromatic hydroxyl groups is 1. The molecular weight excluding hydrogens is 244 g/mol. The van der Waals surface area contributed by atoms with Gasteiger partial charge in [0.2, 0.25) is 11.8 Å². The molecule has 1 aromatic carbocycles. The number of amides is 2. The lowest BCUT2D eigenvalue weighted by Gasteiger charge is -2.14. The molecule has 0 heterocycles. The van der Waals surface area contributed by atoms with Gasteiger partial charge in [0.1, 0.15) is 11.8 Å². The zero-order valence-electron chi connectivity index (χ0n) is 9.34. The molecule has 1 atom stereocenters. The van der Waals surface area contributed by atoms with Crippen LogP contribution in [0, 0.1) is 0 Å². The number of hydrogen-bond acceptors (Lipinski definition) is 3. The van der Waals surface area contributed by atoms with Gasteiger partial charge in [-0.15, -0.1) is 12.4 Å². The maximum absolute atomic E-state index is 11.1. The highest BCUT2D eigenvalue weighted by Crippen LogP contribution is 2.11.